The minimum atomic E-state index is -1.56. The van der Waals surface area contributed by atoms with Crippen molar-refractivity contribution in [3.05, 3.63) is 29.7 Å². The largest absolute Gasteiger partial charge is 0.508 e. The van der Waals surface area contributed by atoms with Gasteiger partial charge in [0.1, 0.15) is 5.75 Å². The summed E-state index contributed by atoms with van der Waals surface area (Å²) >= 11 is 0. The van der Waals surface area contributed by atoms with Crippen LogP contribution in [-0.2, 0) is 0 Å². The molecule has 0 unspecified atom stereocenters. The van der Waals surface area contributed by atoms with E-state index in [1.165, 1.54) is 0 Å². The summed E-state index contributed by atoms with van der Waals surface area (Å²) in [5.41, 5.74) is -0.738. The van der Waals surface area contributed by atoms with Crippen LogP contribution in [0.15, 0.2) is 24.2 Å². The maximum atomic E-state index is 10.7. The fourth-order valence-electron chi connectivity index (χ4n) is 0.433. The van der Waals surface area contributed by atoms with E-state index in [2.05, 4.69) is 5.11 Å². The summed E-state index contributed by atoms with van der Waals surface area (Å²) < 4.78 is 35.6. The predicted octanol–water partition coefficient (Wildman–Crippen LogP) is 1.09. The fourth-order valence-corrected chi connectivity index (χ4v) is 0.433. The van der Waals surface area contributed by atoms with Crippen LogP contribution in [0, 0.1) is 0 Å². The van der Waals surface area contributed by atoms with Crippen LogP contribution in [0.25, 0.3) is 0 Å². The van der Waals surface area contributed by atoms with Gasteiger partial charge in [0.15, 0.2) is 0 Å². The van der Waals surface area contributed by atoms with Gasteiger partial charge in [-0.05, 0) is 18.1 Å². The molecule has 0 spiro atoms. The van der Waals surface area contributed by atoms with Gasteiger partial charge in [-0.1, -0.05) is 6.04 Å². The third kappa shape index (κ3) is 1.25. The molecule has 0 heterocycles. The first-order chi connectivity index (χ1) is 6.91. The van der Waals surface area contributed by atoms with Crippen molar-refractivity contribution in [3.8, 4) is 5.75 Å². The van der Waals surface area contributed by atoms with Gasteiger partial charge in [0.25, 0.3) is 1.43 Å². The Kier molecular flexibility index (Phi) is 0.625. The highest BCUT2D eigenvalue weighted by Gasteiger charge is 2.00. The van der Waals surface area contributed by atoms with Gasteiger partial charge in [-0.25, -0.2) is 4.79 Å². The van der Waals surface area contributed by atoms with Crippen molar-refractivity contribution in [1.82, 2.24) is 0 Å². The number of aromatic carboxylic acids is 1. The zero-order valence-electron chi connectivity index (χ0n) is 9.76. The molecule has 3 heteroatoms. The highest BCUT2D eigenvalue weighted by Crippen LogP contribution is 2.09. The van der Waals surface area contributed by atoms with Crippen molar-refractivity contribution < 1.29 is 20.5 Å². The second-order valence-corrected chi connectivity index (χ2v) is 1.51. The van der Waals surface area contributed by atoms with Crippen molar-refractivity contribution in [2.75, 3.05) is 0 Å². The smallest absolute Gasteiger partial charge is 0.335 e. The summed E-state index contributed by atoms with van der Waals surface area (Å²) in [5, 5.41) is 12.6. The molecule has 0 bridgehead atoms. The average molecular weight is 143 g/mol. The highest BCUT2D eigenvalue weighted by atomic mass is 16.4. The Hall–Kier alpha value is -1.51. The first-order valence-electron chi connectivity index (χ1n) is 4.79. The molecule has 1 aromatic rings. The van der Waals surface area contributed by atoms with Crippen molar-refractivity contribution in [3.63, 3.8) is 0 Å². The second kappa shape index (κ2) is 2.39. The Labute approximate surface area is 64.7 Å². The van der Waals surface area contributed by atoms with E-state index in [0.717, 1.165) is 0 Å². The third-order valence-corrected chi connectivity index (χ3v) is 0.816. The normalized spacial score (nSPS) is 15.8. The SMILES string of the molecule is [2H]Oc1c([2H])c([2H])c([2H])c(C(=O)O)c1[2H]. The van der Waals surface area contributed by atoms with E-state index >= 15 is 0 Å². The number of carboxylic acids is 1. The van der Waals surface area contributed by atoms with Crippen LogP contribution in [0.3, 0.4) is 0 Å². The summed E-state index contributed by atoms with van der Waals surface area (Å²) in [6.07, 6.45) is 0. The number of phenolic OH excluding ortho intramolecular Hbond substituents is 1. The Balaban J connectivity index is 3.68. The molecule has 1 rings (SSSR count). The minimum Gasteiger partial charge on any atom is -0.508 e. The van der Waals surface area contributed by atoms with Crippen LogP contribution in [0.1, 0.15) is 15.8 Å². The number of carboxylic acid groups (broad SMARTS) is 1. The van der Waals surface area contributed by atoms with Gasteiger partial charge in [0, 0.05) is 0 Å². The van der Waals surface area contributed by atoms with Gasteiger partial charge in [0.2, 0.25) is 0 Å². The lowest BCUT2D eigenvalue weighted by Gasteiger charge is -1.92. The van der Waals surface area contributed by atoms with Crippen LogP contribution < -0.4 is 0 Å². The second-order valence-electron chi connectivity index (χ2n) is 1.51. The number of hydrogen-bond acceptors (Lipinski definition) is 2. The topological polar surface area (TPSA) is 57.5 Å². The highest BCUT2D eigenvalue weighted by molar-refractivity contribution is 5.87. The van der Waals surface area contributed by atoms with E-state index in [1.54, 1.807) is 0 Å². The molecular weight excluding hydrogens is 132 g/mol. The zero-order valence-corrected chi connectivity index (χ0v) is 4.76. The summed E-state index contributed by atoms with van der Waals surface area (Å²) in [6, 6.07) is -2.77. The van der Waals surface area contributed by atoms with Gasteiger partial charge >= 0.3 is 5.97 Å². The lowest BCUT2D eigenvalue weighted by Crippen LogP contribution is -1.94. The molecule has 0 atom stereocenters. The summed E-state index contributed by atoms with van der Waals surface area (Å²) in [6.45, 7) is 0. The van der Waals surface area contributed by atoms with E-state index in [0.29, 0.717) is 0 Å². The van der Waals surface area contributed by atoms with E-state index in [1.807, 2.05) is 0 Å². The maximum absolute atomic E-state index is 10.7. The molecule has 2 N–H and O–H groups in total. The fraction of sp³-hybridized carbons (Fsp3) is 0. The molecule has 0 amide bonds. The van der Waals surface area contributed by atoms with Gasteiger partial charge in [-0.2, -0.15) is 0 Å². The van der Waals surface area contributed by atoms with E-state index in [-0.39, 0.29) is 0 Å². The van der Waals surface area contributed by atoms with E-state index in [4.69, 9.17) is 12.0 Å². The molecule has 1 aromatic carbocycles. The number of rotatable bonds is 2. The van der Waals surface area contributed by atoms with Gasteiger partial charge in [0.05, 0.1) is 11.0 Å². The van der Waals surface area contributed by atoms with E-state index in [9.17, 15) is 4.79 Å². The molecule has 10 heavy (non-hydrogen) atoms. The van der Waals surface area contributed by atoms with Gasteiger partial charge in [-0.15, -0.1) is 0 Å². The van der Waals surface area contributed by atoms with Crippen molar-refractivity contribution >= 4 is 5.97 Å². The Morgan fingerprint density at radius 2 is 2.50 bits per heavy atom. The maximum Gasteiger partial charge on any atom is 0.335 e. The van der Waals surface area contributed by atoms with Crippen LogP contribution in [0.5, 0.6) is 5.75 Å². The molecule has 52 valence electrons. The molecule has 0 fully saturated rings. The molecule has 0 aromatic heterocycles. The Bertz CT molecular complexity index is 431. The Morgan fingerprint density at radius 3 is 3.10 bits per heavy atom. The number of hydrogen-bond donors (Lipinski definition) is 2. The number of phenols is 1. The van der Waals surface area contributed by atoms with Crippen molar-refractivity contribution in [2.24, 2.45) is 0 Å². The summed E-state index contributed by atoms with van der Waals surface area (Å²) in [4.78, 5) is 10.7. The van der Waals surface area contributed by atoms with E-state index < -0.39 is 41.5 Å². The lowest BCUT2D eigenvalue weighted by molar-refractivity contribution is 0.0696. The minimum absolute atomic E-state index is 0.631. The molecule has 0 aliphatic carbocycles. The molecule has 3 nitrogen and oxygen atoms in total. The number of carbonyl (C=O) groups is 1. The van der Waals surface area contributed by atoms with Gasteiger partial charge < -0.3 is 10.2 Å². The van der Waals surface area contributed by atoms with Crippen LogP contribution in [0.2, 0.25) is 0 Å². The predicted molar refractivity (Wildman–Crippen MR) is 35.1 cm³/mol. The standard InChI is InChI=1S/C7H6O3/c8-6-3-1-2-5(4-6)7(9)10/h1-4,8H,(H,9,10)/i1D,2D,3D,4D/hD. The summed E-state index contributed by atoms with van der Waals surface area (Å²) in [5.74, 6) is -2.19. The first kappa shape index (κ1) is 2.62. The molecule has 0 radical (unpaired) electrons. The molecule has 0 aliphatic heterocycles. The number of benzene rings is 1. The van der Waals surface area contributed by atoms with Crippen molar-refractivity contribution in [2.45, 2.75) is 0 Å². The Morgan fingerprint density at radius 1 is 1.70 bits per heavy atom. The number of aromatic hydroxyl groups is 1. The zero-order chi connectivity index (χ0) is 11.7. The van der Waals surface area contributed by atoms with Crippen molar-refractivity contribution in [1.29, 1.82) is 1.43 Å². The third-order valence-electron chi connectivity index (χ3n) is 0.816. The first-order valence-corrected chi connectivity index (χ1v) is 2.38. The van der Waals surface area contributed by atoms with Crippen LogP contribution >= 0.6 is 0 Å². The molecule has 0 saturated heterocycles. The quantitative estimate of drug-likeness (QED) is 0.651. The molecule has 0 aliphatic rings. The van der Waals surface area contributed by atoms with Crippen LogP contribution in [-0.4, -0.2) is 17.6 Å². The summed E-state index contributed by atoms with van der Waals surface area (Å²) in [7, 11) is 0. The monoisotopic (exact) mass is 143 g/mol. The molecule has 0 saturated carbocycles. The lowest BCUT2D eigenvalue weighted by atomic mass is 10.2. The van der Waals surface area contributed by atoms with Crippen LogP contribution in [0.4, 0.5) is 0 Å². The molecular formula is C7H6O3. The average Bonchev–Trinajstić information content (AvgIpc) is 2.15. The van der Waals surface area contributed by atoms with Gasteiger partial charge in [-0.3, -0.25) is 0 Å².